The Hall–Kier alpha value is -3.93. The molecule has 0 amide bonds. The minimum Gasteiger partial charge on any atom is -0.478 e. The molecule has 0 aromatic heterocycles. The van der Waals surface area contributed by atoms with Crippen LogP contribution in [0.3, 0.4) is 0 Å². The van der Waals surface area contributed by atoms with E-state index in [1.807, 2.05) is 25.3 Å². The first kappa shape index (κ1) is 23.8. The predicted octanol–water partition coefficient (Wildman–Crippen LogP) is 7.31. The van der Waals surface area contributed by atoms with Gasteiger partial charge in [0.2, 0.25) is 0 Å². The van der Waals surface area contributed by atoms with Crippen molar-refractivity contribution >= 4 is 34.7 Å². The lowest BCUT2D eigenvalue weighted by molar-refractivity contribution is -0.384. The standard InChI is InChI=1S/C30H30N2O4/c1-29(2)12-13-30(3,4)25-17-27-23(16-24(25)29)22(18-6-8-19(9-7-18)28(33)34)15-20-14-21(32(35)36)10-11-26(20)31(27)5/h6-11,14-17H,12-13H2,1-5H3,(H,33,34). The van der Waals surface area contributed by atoms with Crippen molar-refractivity contribution in [2.45, 2.75) is 51.4 Å². The summed E-state index contributed by atoms with van der Waals surface area (Å²) in [7, 11) is 2.00. The molecule has 0 unspecified atom stereocenters. The molecule has 5 rings (SSSR count). The highest BCUT2D eigenvalue weighted by molar-refractivity contribution is 6.02. The van der Waals surface area contributed by atoms with Gasteiger partial charge in [-0.05, 0) is 82.3 Å². The third-order valence-corrected chi connectivity index (χ3v) is 7.95. The van der Waals surface area contributed by atoms with E-state index in [2.05, 4.69) is 44.7 Å². The second-order valence-electron chi connectivity index (χ2n) is 11.2. The second kappa shape index (κ2) is 8.05. The van der Waals surface area contributed by atoms with Crippen LogP contribution < -0.4 is 4.90 Å². The van der Waals surface area contributed by atoms with Crippen LogP contribution in [0.25, 0.3) is 11.6 Å². The van der Waals surface area contributed by atoms with Crippen molar-refractivity contribution in [1.29, 1.82) is 0 Å². The number of fused-ring (bicyclic) bond motifs is 3. The van der Waals surface area contributed by atoms with E-state index in [0.717, 1.165) is 46.5 Å². The molecule has 0 fully saturated rings. The molecule has 0 bridgehead atoms. The topological polar surface area (TPSA) is 83.7 Å². The summed E-state index contributed by atoms with van der Waals surface area (Å²) in [5.74, 6) is -0.976. The van der Waals surface area contributed by atoms with E-state index < -0.39 is 5.97 Å². The van der Waals surface area contributed by atoms with Crippen LogP contribution >= 0.6 is 0 Å². The van der Waals surface area contributed by atoms with Gasteiger partial charge >= 0.3 is 5.97 Å². The monoisotopic (exact) mass is 482 g/mol. The van der Waals surface area contributed by atoms with Crippen molar-refractivity contribution in [1.82, 2.24) is 0 Å². The Kier molecular flexibility index (Phi) is 5.32. The molecule has 0 saturated heterocycles. The average Bonchev–Trinajstić information content (AvgIpc) is 2.95. The lowest BCUT2D eigenvalue weighted by Gasteiger charge is -2.43. The van der Waals surface area contributed by atoms with Gasteiger partial charge in [0.15, 0.2) is 0 Å². The van der Waals surface area contributed by atoms with Crippen LogP contribution in [0.5, 0.6) is 0 Å². The Morgan fingerprint density at radius 3 is 2.11 bits per heavy atom. The van der Waals surface area contributed by atoms with Gasteiger partial charge in [0.25, 0.3) is 5.69 Å². The maximum absolute atomic E-state index is 11.6. The highest BCUT2D eigenvalue weighted by atomic mass is 16.6. The van der Waals surface area contributed by atoms with Crippen molar-refractivity contribution in [2.75, 3.05) is 11.9 Å². The Labute approximate surface area is 211 Å². The number of aromatic carboxylic acids is 1. The number of carboxylic acids is 1. The summed E-state index contributed by atoms with van der Waals surface area (Å²) in [5.41, 5.74) is 8.39. The van der Waals surface area contributed by atoms with Gasteiger partial charge in [-0.1, -0.05) is 39.8 Å². The normalized spacial score (nSPS) is 17.2. The van der Waals surface area contributed by atoms with E-state index in [4.69, 9.17) is 0 Å². The molecule has 0 spiro atoms. The molecule has 184 valence electrons. The highest BCUT2D eigenvalue weighted by Gasteiger charge is 2.39. The van der Waals surface area contributed by atoms with Crippen LogP contribution in [-0.4, -0.2) is 23.0 Å². The van der Waals surface area contributed by atoms with E-state index in [0.29, 0.717) is 0 Å². The number of rotatable bonds is 3. The summed E-state index contributed by atoms with van der Waals surface area (Å²) < 4.78 is 0. The Balaban J connectivity index is 1.83. The average molecular weight is 483 g/mol. The number of nitrogens with zero attached hydrogens (tertiary/aromatic N) is 2. The number of anilines is 2. The fourth-order valence-corrected chi connectivity index (χ4v) is 5.57. The Morgan fingerprint density at radius 1 is 0.917 bits per heavy atom. The van der Waals surface area contributed by atoms with E-state index in [1.165, 1.54) is 11.1 Å². The molecule has 0 saturated carbocycles. The molecular weight excluding hydrogens is 452 g/mol. The number of carbonyl (C=O) groups is 1. The first-order valence-electron chi connectivity index (χ1n) is 12.2. The van der Waals surface area contributed by atoms with Gasteiger partial charge < -0.3 is 10.0 Å². The lowest BCUT2D eigenvalue weighted by Crippen LogP contribution is -2.34. The van der Waals surface area contributed by atoms with Gasteiger partial charge in [-0.15, -0.1) is 0 Å². The Bertz CT molecular complexity index is 1450. The number of carboxylic acid groups (broad SMARTS) is 1. The SMILES string of the molecule is CN1c2ccc([N+](=O)[O-])cc2C=C(c2ccc(C(=O)O)cc2)c2cc3c(cc21)C(C)(C)CCC3(C)C. The van der Waals surface area contributed by atoms with Crippen LogP contribution in [0.4, 0.5) is 17.1 Å². The second-order valence-corrected chi connectivity index (χ2v) is 11.2. The van der Waals surface area contributed by atoms with Gasteiger partial charge in [-0.3, -0.25) is 10.1 Å². The molecule has 0 radical (unpaired) electrons. The molecule has 6 heteroatoms. The minimum absolute atomic E-state index is 0.00860. The predicted molar refractivity (Wildman–Crippen MR) is 143 cm³/mol. The van der Waals surface area contributed by atoms with Gasteiger partial charge in [0.05, 0.1) is 10.5 Å². The summed E-state index contributed by atoms with van der Waals surface area (Å²) in [6, 6.07) is 16.4. The number of nitro groups is 1. The maximum Gasteiger partial charge on any atom is 0.335 e. The van der Waals surface area contributed by atoms with Crippen LogP contribution in [0.2, 0.25) is 0 Å². The van der Waals surface area contributed by atoms with Crippen LogP contribution in [0.15, 0.2) is 54.6 Å². The van der Waals surface area contributed by atoms with Gasteiger partial charge in [-0.2, -0.15) is 0 Å². The third-order valence-electron chi connectivity index (χ3n) is 7.95. The number of hydrogen-bond donors (Lipinski definition) is 1. The van der Waals surface area contributed by atoms with E-state index in [1.54, 1.807) is 30.3 Å². The van der Waals surface area contributed by atoms with Gasteiger partial charge in [-0.25, -0.2) is 4.79 Å². The zero-order valence-electron chi connectivity index (χ0n) is 21.3. The van der Waals surface area contributed by atoms with Crippen molar-refractivity contribution in [3.8, 4) is 0 Å². The first-order valence-corrected chi connectivity index (χ1v) is 12.2. The molecule has 1 aliphatic heterocycles. The molecule has 3 aromatic carbocycles. The van der Waals surface area contributed by atoms with Crippen molar-refractivity contribution in [2.24, 2.45) is 0 Å². The van der Waals surface area contributed by atoms with E-state index in [-0.39, 0.29) is 27.0 Å². The molecule has 3 aromatic rings. The smallest absolute Gasteiger partial charge is 0.335 e. The van der Waals surface area contributed by atoms with Gasteiger partial charge in [0, 0.05) is 41.7 Å². The number of hydrogen-bond acceptors (Lipinski definition) is 4. The quantitative estimate of drug-likeness (QED) is 0.312. The fraction of sp³-hybridized carbons (Fsp3) is 0.300. The molecular formula is C30H30N2O4. The lowest BCUT2D eigenvalue weighted by atomic mass is 9.62. The molecule has 2 aliphatic rings. The van der Waals surface area contributed by atoms with Crippen LogP contribution in [0, 0.1) is 10.1 Å². The van der Waals surface area contributed by atoms with Gasteiger partial charge in [0.1, 0.15) is 0 Å². The zero-order valence-corrected chi connectivity index (χ0v) is 21.3. The summed E-state index contributed by atoms with van der Waals surface area (Å²) in [6.07, 6.45) is 4.17. The van der Waals surface area contributed by atoms with Crippen molar-refractivity contribution < 1.29 is 14.8 Å². The maximum atomic E-state index is 11.6. The zero-order chi connectivity index (χ0) is 26.0. The fourth-order valence-electron chi connectivity index (χ4n) is 5.57. The van der Waals surface area contributed by atoms with E-state index in [9.17, 15) is 20.0 Å². The number of non-ortho nitro benzene ring substituents is 1. The van der Waals surface area contributed by atoms with Crippen molar-refractivity contribution in [3.05, 3.63) is 98.1 Å². The summed E-state index contributed by atoms with van der Waals surface area (Å²) in [4.78, 5) is 24.8. The minimum atomic E-state index is -0.976. The third kappa shape index (κ3) is 3.77. The molecule has 1 heterocycles. The van der Waals surface area contributed by atoms with Crippen LogP contribution in [0.1, 0.15) is 78.7 Å². The van der Waals surface area contributed by atoms with Crippen molar-refractivity contribution in [3.63, 3.8) is 0 Å². The molecule has 36 heavy (non-hydrogen) atoms. The largest absolute Gasteiger partial charge is 0.478 e. The number of nitro benzene ring substituents is 1. The molecule has 1 aliphatic carbocycles. The van der Waals surface area contributed by atoms with Crippen LogP contribution in [-0.2, 0) is 10.8 Å². The summed E-state index contributed by atoms with van der Waals surface area (Å²) in [5, 5.41) is 20.9. The summed E-state index contributed by atoms with van der Waals surface area (Å²) >= 11 is 0. The number of benzene rings is 3. The molecule has 6 nitrogen and oxygen atoms in total. The first-order chi connectivity index (χ1) is 16.9. The molecule has 0 atom stereocenters. The summed E-state index contributed by atoms with van der Waals surface area (Å²) in [6.45, 7) is 9.17. The molecule has 1 N–H and O–H groups in total. The highest BCUT2D eigenvalue weighted by Crippen LogP contribution is 2.51. The Morgan fingerprint density at radius 2 is 1.53 bits per heavy atom. The van der Waals surface area contributed by atoms with E-state index >= 15 is 0 Å².